The molecule has 0 radical (unpaired) electrons. The molecule has 0 aromatic heterocycles. The molecule has 0 aromatic carbocycles. The maximum atomic E-state index is 8.38. The van der Waals surface area contributed by atoms with Crippen LogP contribution < -0.4 is 0 Å². The van der Waals surface area contributed by atoms with Gasteiger partial charge < -0.3 is 0 Å². The molecule has 4 heteroatoms. The Balaban J connectivity index is -0.00000000500. The van der Waals surface area contributed by atoms with Crippen molar-refractivity contribution in [3.8, 4) is 0 Å². The summed E-state index contributed by atoms with van der Waals surface area (Å²) in [5.41, 5.74) is 0. The van der Waals surface area contributed by atoms with Gasteiger partial charge in [-0.25, -0.2) is 0 Å². The van der Waals surface area contributed by atoms with Gasteiger partial charge in [0, 0.05) is 16.5 Å². The second-order valence-electron chi connectivity index (χ2n) is 0. The Kier molecular flexibility index (Phi) is 97.1. The average molecular weight is 166 g/mol. The van der Waals surface area contributed by atoms with Crippen LogP contribution in [0.4, 0.5) is 0 Å². The van der Waals surface area contributed by atoms with Gasteiger partial charge in [-0.05, 0) is 0 Å². The van der Waals surface area contributed by atoms with Crippen molar-refractivity contribution >= 4 is 23.1 Å². The van der Waals surface area contributed by atoms with E-state index in [1.165, 1.54) is 0 Å². The summed E-state index contributed by atoms with van der Waals surface area (Å²) in [5.74, 6) is 0. The Labute approximate surface area is 60.9 Å². The summed E-state index contributed by atoms with van der Waals surface area (Å²) < 4.78 is 8.38. The first-order chi connectivity index (χ1) is 1.00. The van der Waals surface area contributed by atoms with Crippen LogP contribution in [-0.2, 0) is 38.3 Å². The van der Waals surface area contributed by atoms with Crippen LogP contribution in [0, 0.1) is 0 Å². The van der Waals surface area contributed by atoms with Crippen LogP contribution in [-0.4, -0.2) is 23.1 Å². The first kappa shape index (κ1) is 17.3. The molecule has 4 heavy (non-hydrogen) atoms. The molecule has 0 unspecified atom stereocenters. The van der Waals surface area contributed by atoms with Crippen molar-refractivity contribution in [3.05, 3.63) is 0 Å². The zero-order chi connectivity index (χ0) is 2.00. The van der Waals surface area contributed by atoms with Crippen LogP contribution in [0.1, 0.15) is 0 Å². The summed E-state index contributed by atoms with van der Waals surface area (Å²) in [6, 6.07) is 0. The van der Waals surface area contributed by atoms with Gasteiger partial charge >= 0.3 is 44.9 Å². The summed E-state index contributed by atoms with van der Waals surface area (Å²) in [5, 5.41) is 0. The predicted molar refractivity (Wildman–Crippen MR) is 9.23 cm³/mol. The van der Waals surface area contributed by atoms with Crippen molar-refractivity contribution in [2.75, 3.05) is 0 Å². The molecule has 0 N–H and O–H groups in total. The molecule has 0 aliphatic heterocycles. The molecule has 0 saturated carbocycles. The summed E-state index contributed by atoms with van der Waals surface area (Å²) in [6.45, 7) is 0. The fourth-order valence-electron chi connectivity index (χ4n) is 0. The van der Waals surface area contributed by atoms with E-state index in [4.69, 9.17) is 3.57 Å². The van der Waals surface area contributed by atoms with E-state index in [1.54, 1.807) is 0 Å². The van der Waals surface area contributed by atoms with Crippen molar-refractivity contribution in [2.45, 2.75) is 0 Å². The van der Waals surface area contributed by atoms with E-state index in [9.17, 15) is 0 Å². The topological polar surface area (TPSA) is 17.1 Å². The van der Waals surface area contributed by atoms with E-state index in [2.05, 4.69) is 0 Å². The van der Waals surface area contributed by atoms with E-state index in [-0.39, 0.29) is 57.8 Å². The molecule has 0 heterocycles. The molecule has 22 valence electrons. The van der Waals surface area contributed by atoms with Crippen molar-refractivity contribution in [1.82, 2.24) is 0 Å². The van der Waals surface area contributed by atoms with Gasteiger partial charge in [0.1, 0.15) is 0 Å². The average Bonchev–Trinajstić information content (AvgIpc) is 1.00. The first-order valence-electron chi connectivity index (χ1n) is 0.289. The third-order valence-corrected chi connectivity index (χ3v) is 0. The van der Waals surface area contributed by atoms with E-state index in [0.717, 1.165) is 0 Å². The van der Waals surface area contributed by atoms with Gasteiger partial charge in [-0.15, -0.1) is 0 Å². The minimum absolute atomic E-state index is 0. The van der Waals surface area contributed by atoms with Crippen molar-refractivity contribution in [3.63, 3.8) is 0 Å². The Hall–Kier alpha value is 1.68. The molecule has 0 amide bonds. The standard InChI is InChI=1S/Mg.Ni.O.Zn.2H. The zero-order valence-electron chi connectivity index (χ0n) is 1.43. The van der Waals surface area contributed by atoms with Gasteiger partial charge in [-0.3, -0.25) is 0 Å². The normalized spacial score (nSPS) is 1.50. The summed E-state index contributed by atoms with van der Waals surface area (Å²) in [4.78, 5) is 0. The molecular weight excluding hydrogens is 164 g/mol. The Morgan fingerprint density at radius 1 is 1.25 bits per heavy atom. The SMILES string of the molecule is [MgH2].[Ni].[O]=[Zn]. The molecule has 0 fully saturated rings. The molecule has 0 atom stereocenters. The predicted octanol–water partition coefficient (Wildman–Crippen LogP) is -1.04. The zero-order valence-corrected chi connectivity index (χ0v) is 5.39. The molecule has 1 nitrogen and oxygen atoms in total. The molecule has 0 spiro atoms. The summed E-state index contributed by atoms with van der Waals surface area (Å²) >= 11 is 0.125. The van der Waals surface area contributed by atoms with Crippen molar-refractivity contribution in [1.29, 1.82) is 0 Å². The van der Waals surface area contributed by atoms with Crippen molar-refractivity contribution < 1.29 is 38.3 Å². The van der Waals surface area contributed by atoms with Gasteiger partial charge in [0.2, 0.25) is 0 Å². The third-order valence-electron chi connectivity index (χ3n) is 0. The minimum atomic E-state index is 0. The van der Waals surface area contributed by atoms with Crippen LogP contribution >= 0.6 is 0 Å². The number of hydrogen-bond acceptors (Lipinski definition) is 1. The summed E-state index contributed by atoms with van der Waals surface area (Å²) in [7, 11) is 0. The molecule has 0 aliphatic rings. The molecule has 0 rings (SSSR count). The Bertz CT molecular complexity index is 8.00. The first-order valence-corrected chi connectivity index (χ1v) is 1.50. The molecular formula is H2MgNiOZn. The molecule has 0 saturated heterocycles. The fraction of sp³-hybridized carbons (Fsp3) is 0. The van der Waals surface area contributed by atoms with Crippen LogP contribution in [0.3, 0.4) is 0 Å². The Morgan fingerprint density at radius 2 is 1.25 bits per heavy atom. The fourth-order valence-corrected chi connectivity index (χ4v) is 0. The van der Waals surface area contributed by atoms with Crippen LogP contribution in [0.25, 0.3) is 0 Å². The third kappa shape index (κ3) is 9.36. The second-order valence-corrected chi connectivity index (χ2v) is 0. The van der Waals surface area contributed by atoms with E-state index >= 15 is 0 Å². The summed E-state index contributed by atoms with van der Waals surface area (Å²) in [6.07, 6.45) is 0. The number of rotatable bonds is 0. The molecule has 0 aromatic rings. The van der Waals surface area contributed by atoms with Gasteiger partial charge in [-0.2, -0.15) is 0 Å². The van der Waals surface area contributed by atoms with Crippen LogP contribution in [0.15, 0.2) is 0 Å². The molecule has 0 aliphatic carbocycles. The Morgan fingerprint density at radius 3 is 1.25 bits per heavy atom. The van der Waals surface area contributed by atoms with E-state index in [1.807, 2.05) is 0 Å². The van der Waals surface area contributed by atoms with E-state index < -0.39 is 0 Å². The van der Waals surface area contributed by atoms with Gasteiger partial charge in [0.25, 0.3) is 0 Å². The van der Waals surface area contributed by atoms with Gasteiger partial charge in [-0.1, -0.05) is 0 Å². The van der Waals surface area contributed by atoms with Crippen molar-refractivity contribution in [2.24, 2.45) is 0 Å². The maximum absolute atomic E-state index is 8.38. The van der Waals surface area contributed by atoms with Gasteiger partial charge in [0.15, 0.2) is 0 Å². The second kappa shape index (κ2) is 22.4. The van der Waals surface area contributed by atoms with Crippen LogP contribution in [0.2, 0.25) is 0 Å². The number of hydrogen-bond donors (Lipinski definition) is 0. The molecule has 0 bridgehead atoms. The van der Waals surface area contributed by atoms with Crippen LogP contribution in [0.5, 0.6) is 0 Å². The van der Waals surface area contributed by atoms with Gasteiger partial charge in [0.05, 0.1) is 0 Å². The van der Waals surface area contributed by atoms with E-state index in [0.29, 0.717) is 0 Å². The monoisotopic (exact) mass is 164 g/mol. The quantitative estimate of drug-likeness (QED) is 0.420.